The minimum atomic E-state index is 0.603. The molecule has 0 radical (unpaired) electrons. The Morgan fingerprint density at radius 3 is 2.48 bits per heavy atom. The lowest BCUT2D eigenvalue weighted by Crippen LogP contribution is -2.10. The molecule has 0 fully saturated rings. The van der Waals surface area contributed by atoms with Crippen molar-refractivity contribution in [2.75, 3.05) is 20.8 Å². The quantitative estimate of drug-likeness (QED) is 0.760. The van der Waals surface area contributed by atoms with Gasteiger partial charge in [0.1, 0.15) is 5.82 Å². The molecule has 0 unspecified atom stereocenters. The number of methoxy groups -OCH3 is 2. The van der Waals surface area contributed by atoms with E-state index in [0.29, 0.717) is 12.3 Å². The van der Waals surface area contributed by atoms with Crippen LogP contribution in [0.2, 0.25) is 0 Å². The standard InChI is InChI=1S/C16H25N3O2/c1-4-5-6-9-19-13-11-15(21-3)14(20-2)10-12(13)18-16(19)7-8-17/h10-11H,4-9,17H2,1-3H3. The van der Waals surface area contributed by atoms with E-state index >= 15 is 0 Å². The van der Waals surface area contributed by atoms with Crippen LogP contribution in [0.4, 0.5) is 0 Å². The van der Waals surface area contributed by atoms with E-state index in [9.17, 15) is 0 Å². The van der Waals surface area contributed by atoms with Gasteiger partial charge in [-0.2, -0.15) is 0 Å². The van der Waals surface area contributed by atoms with Gasteiger partial charge in [-0.1, -0.05) is 19.8 Å². The third-order valence-corrected chi connectivity index (χ3v) is 3.69. The molecular formula is C16H25N3O2. The van der Waals surface area contributed by atoms with Gasteiger partial charge in [-0.15, -0.1) is 0 Å². The second-order valence-electron chi connectivity index (χ2n) is 5.12. The van der Waals surface area contributed by atoms with E-state index in [-0.39, 0.29) is 0 Å². The Balaban J connectivity index is 2.47. The molecular weight excluding hydrogens is 266 g/mol. The zero-order valence-electron chi connectivity index (χ0n) is 13.2. The van der Waals surface area contributed by atoms with E-state index < -0.39 is 0 Å². The van der Waals surface area contributed by atoms with Crippen LogP contribution in [0.25, 0.3) is 11.0 Å². The van der Waals surface area contributed by atoms with Crippen molar-refractivity contribution >= 4 is 11.0 Å². The van der Waals surface area contributed by atoms with Gasteiger partial charge < -0.3 is 19.8 Å². The van der Waals surface area contributed by atoms with Crippen LogP contribution in [-0.2, 0) is 13.0 Å². The highest BCUT2D eigenvalue weighted by Gasteiger charge is 2.14. The first-order valence-corrected chi connectivity index (χ1v) is 7.56. The molecule has 1 heterocycles. The van der Waals surface area contributed by atoms with Crippen LogP contribution >= 0.6 is 0 Å². The fraction of sp³-hybridized carbons (Fsp3) is 0.562. The zero-order valence-corrected chi connectivity index (χ0v) is 13.2. The van der Waals surface area contributed by atoms with E-state index in [0.717, 1.165) is 42.0 Å². The summed E-state index contributed by atoms with van der Waals surface area (Å²) in [5, 5.41) is 0. The second kappa shape index (κ2) is 7.31. The monoisotopic (exact) mass is 291 g/mol. The largest absolute Gasteiger partial charge is 0.493 e. The first kappa shape index (κ1) is 15.6. The lowest BCUT2D eigenvalue weighted by molar-refractivity contribution is 0.355. The fourth-order valence-electron chi connectivity index (χ4n) is 2.59. The van der Waals surface area contributed by atoms with E-state index in [1.807, 2.05) is 12.1 Å². The van der Waals surface area contributed by atoms with Crippen molar-refractivity contribution in [1.29, 1.82) is 0 Å². The molecule has 5 heteroatoms. The molecule has 2 N–H and O–H groups in total. The molecule has 1 aromatic heterocycles. The van der Waals surface area contributed by atoms with Gasteiger partial charge in [0.2, 0.25) is 0 Å². The summed E-state index contributed by atoms with van der Waals surface area (Å²) in [6.07, 6.45) is 4.35. The summed E-state index contributed by atoms with van der Waals surface area (Å²) in [5.41, 5.74) is 7.74. The maximum absolute atomic E-state index is 5.72. The highest BCUT2D eigenvalue weighted by molar-refractivity contribution is 5.80. The van der Waals surface area contributed by atoms with E-state index in [1.54, 1.807) is 14.2 Å². The summed E-state index contributed by atoms with van der Waals surface area (Å²) in [6.45, 7) is 3.78. The normalized spacial score (nSPS) is 11.0. The lowest BCUT2D eigenvalue weighted by atomic mass is 10.2. The van der Waals surface area contributed by atoms with Crippen LogP contribution in [0.3, 0.4) is 0 Å². The zero-order chi connectivity index (χ0) is 15.2. The summed E-state index contributed by atoms with van der Waals surface area (Å²) in [4.78, 5) is 4.71. The van der Waals surface area contributed by atoms with Crippen molar-refractivity contribution in [3.05, 3.63) is 18.0 Å². The average Bonchev–Trinajstić information content (AvgIpc) is 2.83. The van der Waals surface area contributed by atoms with Gasteiger partial charge in [0.15, 0.2) is 11.5 Å². The van der Waals surface area contributed by atoms with E-state index in [4.69, 9.17) is 20.2 Å². The number of rotatable bonds is 8. The molecule has 2 aromatic rings. The number of benzene rings is 1. The molecule has 2 rings (SSSR count). The van der Waals surface area contributed by atoms with Crippen molar-refractivity contribution in [2.24, 2.45) is 5.73 Å². The molecule has 5 nitrogen and oxygen atoms in total. The predicted octanol–water partition coefficient (Wildman–Crippen LogP) is 2.74. The van der Waals surface area contributed by atoms with Crippen LogP contribution in [0, 0.1) is 0 Å². The molecule has 0 aliphatic heterocycles. The van der Waals surface area contributed by atoms with E-state index in [2.05, 4.69) is 11.5 Å². The number of unbranched alkanes of at least 4 members (excludes halogenated alkanes) is 2. The van der Waals surface area contributed by atoms with Crippen molar-refractivity contribution in [1.82, 2.24) is 9.55 Å². The third kappa shape index (κ3) is 3.29. The van der Waals surface area contributed by atoms with Crippen LogP contribution in [0.5, 0.6) is 11.5 Å². The van der Waals surface area contributed by atoms with Crippen LogP contribution < -0.4 is 15.2 Å². The Bertz CT molecular complexity index is 593. The maximum atomic E-state index is 5.72. The third-order valence-electron chi connectivity index (χ3n) is 3.69. The Labute approximate surface area is 126 Å². The molecule has 1 aromatic carbocycles. The molecule has 21 heavy (non-hydrogen) atoms. The number of aryl methyl sites for hydroxylation is 1. The number of nitrogens with zero attached hydrogens (tertiary/aromatic N) is 2. The number of ether oxygens (including phenoxy) is 2. The molecule has 0 spiro atoms. The number of fused-ring (bicyclic) bond motifs is 1. The number of imidazole rings is 1. The number of aromatic nitrogens is 2. The Kier molecular flexibility index (Phi) is 5.44. The number of hydrogen-bond acceptors (Lipinski definition) is 4. The minimum Gasteiger partial charge on any atom is -0.493 e. The molecule has 0 bridgehead atoms. The molecule has 0 atom stereocenters. The first-order chi connectivity index (χ1) is 10.2. The molecule has 0 amide bonds. The molecule has 0 aliphatic carbocycles. The van der Waals surface area contributed by atoms with Crippen LogP contribution in [0.15, 0.2) is 12.1 Å². The summed E-state index contributed by atoms with van der Waals surface area (Å²) in [5.74, 6) is 2.49. The van der Waals surface area contributed by atoms with Gasteiger partial charge in [-0.3, -0.25) is 0 Å². The SMILES string of the molecule is CCCCCn1c(CCN)nc2cc(OC)c(OC)cc21. The van der Waals surface area contributed by atoms with Crippen molar-refractivity contribution in [2.45, 2.75) is 39.2 Å². The van der Waals surface area contributed by atoms with Gasteiger partial charge in [-0.05, 0) is 13.0 Å². The maximum Gasteiger partial charge on any atom is 0.163 e. The van der Waals surface area contributed by atoms with Crippen molar-refractivity contribution < 1.29 is 9.47 Å². The predicted molar refractivity (Wildman–Crippen MR) is 85.1 cm³/mol. The van der Waals surface area contributed by atoms with Gasteiger partial charge in [0, 0.05) is 25.1 Å². The lowest BCUT2D eigenvalue weighted by Gasteiger charge is -2.10. The van der Waals surface area contributed by atoms with E-state index in [1.165, 1.54) is 12.8 Å². The highest BCUT2D eigenvalue weighted by atomic mass is 16.5. The van der Waals surface area contributed by atoms with Crippen LogP contribution in [0.1, 0.15) is 32.0 Å². The molecule has 0 aliphatic rings. The Hall–Kier alpha value is -1.75. The van der Waals surface area contributed by atoms with Crippen molar-refractivity contribution in [3.63, 3.8) is 0 Å². The minimum absolute atomic E-state index is 0.603. The van der Waals surface area contributed by atoms with Gasteiger partial charge in [-0.25, -0.2) is 4.98 Å². The summed E-state index contributed by atoms with van der Waals surface area (Å²) in [7, 11) is 3.30. The number of hydrogen-bond donors (Lipinski definition) is 1. The summed E-state index contributed by atoms with van der Waals surface area (Å²) in [6, 6.07) is 3.94. The van der Waals surface area contributed by atoms with Crippen molar-refractivity contribution in [3.8, 4) is 11.5 Å². The van der Waals surface area contributed by atoms with Crippen LogP contribution in [-0.4, -0.2) is 30.3 Å². The first-order valence-electron chi connectivity index (χ1n) is 7.56. The molecule has 0 saturated carbocycles. The number of nitrogens with two attached hydrogens (primary N) is 1. The fourth-order valence-corrected chi connectivity index (χ4v) is 2.59. The highest BCUT2D eigenvalue weighted by Crippen LogP contribution is 2.32. The second-order valence-corrected chi connectivity index (χ2v) is 5.12. The molecule has 0 saturated heterocycles. The Morgan fingerprint density at radius 1 is 1.14 bits per heavy atom. The molecule has 116 valence electrons. The topological polar surface area (TPSA) is 62.3 Å². The van der Waals surface area contributed by atoms with Gasteiger partial charge >= 0.3 is 0 Å². The summed E-state index contributed by atoms with van der Waals surface area (Å²) < 4.78 is 13.0. The Morgan fingerprint density at radius 2 is 1.86 bits per heavy atom. The smallest absolute Gasteiger partial charge is 0.163 e. The average molecular weight is 291 g/mol. The van der Waals surface area contributed by atoms with Gasteiger partial charge in [0.05, 0.1) is 25.3 Å². The summed E-state index contributed by atoms with van der Waals surface area (Å²) >= 11 is 0. The van der Waals surface area contributed by atoms with Gasteiger partial charge in [0.25, 0.3) is 0 Å².